The lowest BCUT2D eigenvalue weighted by Gasteiger charge is -2.08. The summed E-state index contributed by atoms with van der Waals surface area (Å²) in [6, 6.07) is 5.13. The molecule has 0 aliphatic carbocycles. The van der Waals surface area contributed by atoms with Crippen LogP contribution < -0.4 is 5.32 Å². The van der Waals surface area contributed by atoms with Crippen molar-refractivity contribution in [3.05, 3.63) is 28.8 Å². The average Bonchev–Trinajstić information content (AvgIpc) is 2.47. The summed E-state index contributed by atoms with van der Waals surface area (Å²) in [6.07, 6.45) is 6.09. The van der Waals surface area contributed by atoms with E-state index < -0.39 is 0 Å². The summed E-state index contributed by atoms with van der Waals surface area (Å²) in [5.41, 5.74) is 1.26. The standard InChI is InChI=1S/C17H22ClNO2/c1-2-3-4-5-6-9-17(21)19-16-11-10-15(18)13-14(16)8-7-12-20/h10-11,13,20H,2-6,9,12H2,1H3,(H,19,21). The molecule has 0 radical (unpaired) electrons. The van der Waals surface area contributed by atoms with Gasteiger partial charge in [-0.25, -0.2) is 0 Å². The van der Waals surface area contributed by atoms with Crippen molar-refractivity contribution in [3.8, 4) is 11.8 Å². The number of anilines is 1. The Labute approximate surface area is 131 Å². The minimum Gasteiger partial charge on any atom is -0.384 e. The van der Waals surface area contributed by atoms with E-state index in [0.717, 1.165) is 12.8 Å². The molecule has 0 fully saturated rings. The third-order valence-corrected chi connectivity index (χ3v) is 3.30. The summed E-state index contributed by atoms with van der Waals surface area (Å²) in [7, 11) is 0. The van der Waals surface area contributed by atoms with Crippen LogP contribution in [0.4, 0.5) is 5.69 Å². The van der Waals surface area contributed by atoms with Gasteiger partial charge in [0.1, 0.15) is 6.61 Å². The van der Waals surface area contributed by atoms with Crippen molar-refractivity contribution in [2.75, 3.05) is 11.9 Å². The first kappa shape index (κ1) is 17.6. The van der Waals surface area contributed by atoms with Gasteiger partial charge < -0.3 is 10.4 Å². The van der Waals surface area contributed by atoms with Crippen molar-refractivity contribution in [1.82, 2.24) is 0 Å². The Morgan fingerprint density at radius 1 is 1.29 bits per heavy atom. The molecule has 1 aromatic rings. The van der Waals surface area contributed by atoms with Gasteiger partial charge in [-0.15, -0.1) is 0 Å². The highest BCUT2D eigenvalue weighted by atomic mass is 35.5. The molecule has 0 aliphatic rings. The zero-order valence-electron chi connectivity index (χ0n) is 12.4. The number of hydrogen-bond acceptors (Lipinski definition) is 2. The van der Waals surface area contributed by atoms with Crippen LogP contribution in [0.2, 0.25) is 5.02 Å². The van der Waals surface area contributed by atoms with Gasteiger partial charge in [0.15, 0.2) is 0 Å². The molecule has 1 amide bonds. The highest BCUT2D eigenvalue weighted by Gasteiger charge is 2.06. The van der Waals surface area contributed by atoms with Crippen LogP contribution >= 0.6 is 11.6 Å². The van der Waals surface area contributed by atoms with Crippen molar-refractivity contribution in [2.24, 2.45) is 0 Å². The van der Waals surface area contributed by atoms with Gasteiger partial charge in [-0.3, -0.25) is 4.79 Å². The van der Waals surface area contributed by atoms with Gasteiger partial charge >= 0.3 is 0 Å². The first-order valence-corrected chi connectivity index (χ1v) is 7.74. The summed E-state index contributed by atoms with van der Waals surface area (Å²) < 4.78 is 0. The molecule has 1 aromatic carbocycles. The molecule has 1 rings (SSSR count). The van der Waals surface area contributed by atoms with Crippen LogP contribution in [-0.2, 0) is 4.79 Å². The number of benzene rings is 1. The highest BCUT2D eigenvalue weighted by molar-refractivity contribution is 6.30. The van der Waals surface area contributed by atoms with E-state index in [1.54, 1.807) is 18.2 Å². The minimum atomic E-state index is -0.225. The molecule has 0 heterocycles. The predicted molar refractivity (Wildman–Crippen MR) is 87.4 cm³/mol. The number of unbranched alkanes of at least 4 members (excludes halogenated alkanes) is 4. The summed E-state index contributed by atoms with van der Waals surface area (Å²) >= 11 is 5.92. The van der Waals surface area contributed by atoms with Gasteiger partial charge in [0.2, 0.25) is 5.91 Å². The maximum atomic E-state index is 11.9. The first-order valence-electron chi connectivity index (χ1n) is 7.36. The summed E-state index contributed by atoms with van der Waals surface area (Å²) in [4.78, 5) is 11.9. The van der Waals surface area contributed by atoms with Crippen LogP contribution in [0.5, 0.6) is 0 Å². The Balaban J connectivity index is 2.55. The van der Waals surface area contributed by atoms with Crippen LogP contribution in [0.3, 0.4) is 0 Å². The lowest BCUT2D eigenvalue weighted by Crippen LogP contribution is -2.12. The molecule has 0 aromatic heterocycles. The number of aliphatic hydroxyl groups is 1. The topological polar surface area (TPSA) is 49.3 Å². The molecule has 4 heteroatoms. The number of amides is 1. The predicted octanol–water partition coefficient (Wildman–Crippen LogP) is 3.98. The second kappa shape index (κ2) is 10.3. The maximum Gasteiger partial charge on any atom is 0.224 e. The molecule has 0 saturated heterocycles. The second-order valence-corrected chi connectivity index (χ2v) is 5.30. The van der Waals surface area contributed by atoms with E-state index in [4.69, 9.17) is 16.7 Å². The molecule has 0 bridgehead atoms. The number of nitrogens with one attached hydrogen (secondary N) is 1. The van der Waals surface area contributed by atoms with E-state index in [2.05, 4.69) is 24.1 Å². The maximum absolute atomic E-state index is 11.9. The summed E-state index contributed by atoms with van der Waals surface area (Å²) in [5, 5.41) is 12.2. The van der Waals surface area contributed by atoms with Crippen LogP contribution in [0, 0.1) is 11.8 Å². The number of hydrogen-bond donors (Lipinski definition) is 2. The van der Waals surface area contributed by atoms with Gasteiger partial charge in [-0.2, -0.15) is 0 Å². The van der Waals surface area contributed by atoms with E-state index in [9.17, 15) is 4.79 Å². The Morgan fingerprint density at radius 3 is 2.76 bits per heavy atom. The fourth-order valence-corrected chi connectivity index (χ4v) is 2.14. The molecule has 0 aliphatic heterocycles. The van der Waals surface area contributed by atoms with Crippen molar-refractivity contribution < 1.29 is 9.90 Å². The third kappa shape index (κ3) is 7.17. The van der Waals surface area contributed by atoms with Crippen LogP contribution in [0.1, 0.15) is 51.0 Å². The summed E-state index contributed by atoms with van der Waals surface area (Å²) in [5.74, 6) is 5.35. The second-order valence-electron chi connectivity index (χ2n) is 4.86. The lowest BCUT2D eigenvalue weighted by molar-refractivity contribution is -0.116. The molecule has 0 unspecified atom stereocenters. The smallest absolute Gasteiger partial charge is 0.224 e. The monoisotopic (exact) mass is 307 g/mol. The van der Waals surface area contributed by atoms with Gasteiger partial charge in [0.05, 0.1) is 5.69 Å². The van der Waals surface area contributed by atoms with Gasteiger partial charge in [-0.05, 0) is 24.6 Å². The van der Waals surface area contributed by atoms with Gasteiger partial charge in [0.25, 0.3) is 0 Å². The van der Waals surface area contributed by atoms with Crippen molar-refractivity contribution >= 4 is 23.2 Å². The molecule has 114 valence electrons. The number of carbonyl (C=O) groups is 1. The molecule has 3 nitrogen and oxygen atoms in total. The van der Waals surface area contributed by atoms with E-state index in [1.807, 2.05) is 0 Å². The first-order chi connectivity index (χ1) is 10.2. The molecule has 0 spiro atoms. The Bertz CT molecular complexity index is 517. The van der Waals surface area contributed by atoms with Crippen molar-refractivity contribution in [3.63, 3.8) is 0 Å². The molecule has 21 heavy (non-hydrogen) atoms. The third-order valence-electron chi connectivity index (χ3n) is 3.07. The van der Waals surface area contributed by atoms with Crippen LogP contribution in [0.15, 0.2) is 18.2 Å². The van der Waals surface area contributed by atoms with E-state index in [-0.39, 0.29) is 12.5 Å². The largest absolute Gasteiger partial charge is 0.384 e. The minimum absolute atomic E-state index is 0.0131. The van der Waals surface area contributed by atoms with Crippen LogP contribution in [-0.4, -0.2) is 17.6 Å². The fraction of sp³-hybridized carbons (Fsp3) is 0.471. The molecular weight excluding hydrogens is 286 g/mol. The van der Waals surface area contributed by atoms with E-state index in [1.165, 1.54) is 19.3 Å². The van der Waals surface area contributed by atoms with Gasteiger partial charge in [0, 0.05) is 17.0 Å². The molecule has 2 N–H and O–H groups in total. The van der Waals surface area contributed by atoms with Gasteiger partial charge in [-0.1, -0.05) is 56.0 Å². The Kier molecular flexibility index (Phi) is 8.57. The highest BCUT2D eigenvalue weighted by Crippen LogP contribution is 2.20. The van der Waals surface area contributed by atoms with Crippen molar-refractivity contribution in [2.45, 2.75) is 45.4 Å². The normalized spacial score (nSPS) is 9.86. The zero-order valence-corrected chi connectivity index (χ0v) is 13.2. The molecule has 0 atom stereocenters. The van der Waals surface area contributed by atoms with Crippen molar-refractivity contribution in [1.29, 1.82) is 0 Å². The average molecular weight is 308 g/mol. The Hall–Kier alpha value is -1.50. The van der Waals surface area contributed by atoms with E-state index in [0.29, 0.717) is 22.7 Å². The lowest BCUT2D eigenvalue weighted by atomic mass is 10.1. The number of rotatable bonds is 7. The number of aliphatic hydroxyl groups excluding tert-OH is 1. The van der Waals surface area contributed by atoms with Crippen LogP contribution in [0.25, 0.3) is 0 Å². The Morgan fingerprint density at radius 2 is 2.05 bits per heavy atom. The fourth-order valence-electron chi connectivity index (χ4n) is 1.97. The summed E-state index contributed by atoms with van der Waals surface area (Å²) in [6.45, 7) is 1.94. The molecule has 0 saturated carbocycles. The quantitative estimate of drug-likeness (QED) is 0.591. The SMILES string of the molecule is CCCCCCCC(=O)Nc1ccc(Cl)cc1C#CCO. The number of halogens is 1. The van der Waals surface area contributed by atoms with E-state index >= 15 is 0 Å². The molecular formula is C17H22ClNO2. The zero-order chi connectivity index (χ0) is 15.5. The number of carbonyl (C=O) groups excluding carboxylic acids is 1.